The molecule has 102 valence electrons. The van der Waals surface area contributed by atoms with Crippen LogP contribution in [0.25, 0.3) is 0 Å². The molecule has 0 aliphatic heterocycles. The minimum Gasteiger partial charge on any atom is -0.493 e. The van der Waals surface area contributed by atoms with Gasteiger partial charge < -0.3 is 10.1 Å². The smallest absolute Gasteiger partial charge is 0.161 e. The first kappa shape index (κ1) is 13.5. The van der Waals surface area contributed by atoms with Crippen LogP contribution in [0.4, 0.5) is 0 Å². The summed E-state index contributed by atoms with van der Waals surface area (Å²) in [5.41, 5.74) is 2.17. The molecule has 0 radical (unpaired) electrons. The van der Waals surface area contributed by atoms with Crippen molar-refractivity contribution in [2.24, 2.45) is 7.05 Å². The molecule has 19 heavy (non-hydrogen) atoms. The molecular weight excluding hydrogens is 240 g/mol. The van der Waals surface area contributed by atoms with Gasteiger partial charge in [0, 0.05) is 18.9 Å². The maximum absolute atomic E-state index is 5.36. The second kappa shape index (κ2) is 6.33. The van der Waals surface area contributed by atoms with Crippen molar-refractivity contribution in [2.45, 2.75) is 18.9 Å². The van der Waals surface area contributed by atoms with Gasteiger partial charge in [0.15, 0.2) is 5.75 Å². The van der Waals surface area contributed by atoms with Gasteiger partial charge in [0.2, 0.25) is 0 Å². The fraction of sp³-hybridized carbons (Fsp3) is 0.429. The van der Waals surface area contributed by atoms with E-state index >= 15 is 0 Å². The number of methoxy groups -OCH3 is 1. The van der Waals surface area contributed by atoms with Crippen LogP contribution in [-0.4, -0.2) is 28.9 Å². The van der Waals surface area contributed by atoms with Gasteiger partial charge in [-0.25, -0.2) is 0 Å². The van der Waals surface area contributed by atoms with Gasteiger partial charge in [-0.15, -0.1) is 0 Å². The van der Waals surface area contributed by atoms with E-state index in [1.54, 1.807) is 13.3 Å². The van der Waals surface area contributed by atoms with Crippen LogP contribution >= 0.6 is 0 Å². The zero-order valence-corrected chi connectivity index (χ0v) is 11.6. The van der Waals surface area contributed by atoms with Gasteiger partial charge in [-0.2, -0.15) is 5.10 Å². The van der Waals surface area contributed by atoms with E-state index in [-0.39, 0.29) is 6.04 Å². The SMILES string of the molecule is CNC(CCc1ccccn1)c1c(OC)cnn1C. The standard InChI is InChI=1S/C14H20N4O/c1-15-12(8-7-11-6-4-5-9-16-11)14-13(19-3)10-17-18(14)2/h4-6,9-10,12,15H,7-8H2,1-3H3. The fourth-order valence-corrected chi connectivity index (χ4v) is 2.24. The van der Waals surface area contributed by atoms with Crippen LogP contribution in [0.15, 0.2) is 30.6 Å². The van der Waals surface area contributed by atoms with Gasteiger partial charge in [0.1, 0.15) is 0 Å². The maximum atomic E-state index is 5.36. The lowest BCUT2D eigenvalue weighted by molar-refractivity contribution is 0.393. The molecule has 0 bridgehead atoms. The molecule has 2 heterocycles. The van der Waals surface area contributed by atoms with Crippen LogP contribution in [0.1, 0.15) is 23.9 Å². The van der Waals surface area contributed by atoms with Crippen molar-refractivity contribution in [2.75, 3.05) is 14.2 Å². The molecule has 2 aromatic rings. The Morgan fingerprint density at radius 3 is 2.89 bits per heavy atom. The van der Waals surface area contributed by atoms with Crippen molar-refractivity contribution in [3.8, 4) is 5.75 Å². The fourth-order valence-electron chi connectivity index (χ4n) is 2.24. The average Bonchev–Trinajstić information content (AvgIpc) is 2.82. The predicted molar refractivity (Wildman–Crippen MR) is 74.1 cm³/mol. The summed E-state index contributed by atoms with van der Waals surface area (Å²) in [6.07, 6.45) is 5.44. The Kier molecular flexibility index (Phi) is 4.52. The van der Waals surface area contributed by atoms with Crippen LogP contribution in [-0.2, 0) is 13.5 Å². The number of hydrogen-bond donors (Lipinski definition) is 1. The molecule has 0 aliphatic carbocycles. The molecule has 1 unspecified atom stereocenters. The highest BCUT2D eigenvalue weighted by Gasteiger charge is 2.19. The zero-order valence-electron chi connectivity index (χ0n) is 11.6. The van der Waals surface area contributed by atoms with E-state index in [9.17, 15) is 0 Å². The minimum absolute atomic E-state index is 0.199. The molecule has 5 nitrogen and oxygen atoms in total. The maximum Gasteiger partial charge on any atom is 0.161 e. The first-order valence-electron chi connectivity index (χ1n) is 6.39. The van der Waals surface area contributed by atoms with Gasteiger partial charge >= 0.3 is 0 Å². The van der Waals surface area contributed by atoms with E-state index in [4.69, 9.17) is 4.74 Å². The first-order chi connectivity index (χ1) is 9.26. The van der Waals surface area contributed by atoms with Gasteiger partial charge in [0.05, 0.1) is 25.0 Å². The summed E-state index contributed by atoms with van der Waals surface area (Å²) >= 11 is 0. The Bertz CT molecular complexity index is 509. The Labute approximate surface area is 113 Å². The third kappa shape index (κ3) is 3.12. The molecule has 1 atom stereocenters. The van der Waals surface area contributed by atoms with Crippen molar-refractivity contribution in [1.29, 1.82) is 0 Å². The lowest BCUT2D eigenvalue weighted by Crippen LogP contribution is -2.21. The van der Waals surface area contributed by atoms with Crippen molar-refractivity contribution >= 4 is 0 Å². The number of ether oxygens (including phenoxy) is 1. The van der Waals surface area contributed by atoms with Crippen molar-refractivity contribution in [1.82, 2.24) is 20.1 Å². The molecule has 0 saturated heterocycles. The van der Waals surface area contributed by atoms with Crippen LogP contribution in [0.2, 0.25) is 0 Å². The number of nitrogens with zero attached hydrogens (tertiary/aromatic N) is 3. The second-order valence-electron chi connectivity index (χ2n) is 4.42. The largest absolute Gasteiger partial charge is 0.493 e. The molecule has 0 amide bonds. The van der Waals surface area contributed by atoms with Crippen molar-refractivity contribution in [3.05, 3.63) is 42.0 Å². The van der Waals surface area contributed by atoms with Crippen molar-refractivity contribution < 1.29 is 4.74 Å². The number of rotatable bonds is 6. The van der Waals surface area contributed by atoms with E-state index in [2.05, 4.69) is 15.4 Å². The number of aromatic nitrogens is 3. The van der Waals surface area contributed by atoms with Gasteiger partial charge in [-0.05, 0) is 32.0 Å². The Hall–Kier alpha value is -1.88. The lowest BCUT2D eigenvalue weighted by atomic mass is 10.1. The van der Waals surface area contributed by atoms with Gasteiger partial charge in [-0.3, -0.25) is 9.67 Å². The van der Waals surface area contributed by atoms with Gasteiger partial charge in [0.25, 0.3) is 0 Å². The van der Waals surface area contributed by atoms with E-state index in [1.165, 1.54) is 0 Å². The molecule has 2 aromatic heterocycles. The van der Waals surface area contributed by atoms with Crippen LogP contribution in [0.3, 0.4) is 0 Å². The molecule has 2 rings (SSSR count). The third-order valence-electron chi connectivity index (χ3n) is 3.26. The number of nitrogens with one attached hydrogen (secondary N) is 1. The molecule has 0 aliphatic rings. The topological polar surface area (TPSA) is 52.0 Å². The minimum atomic E-state index is 0.199. The highest BCUT2D eigenvalue weighted by molar-refractivity contribution is 5.28. The van der Waals surface area contributed by atoms with Gasteiger partial charge in [-0.1, -0.05) is 6.07 Å². The average molecular weight is 260 g/mol. The molecule has 0 saturated carbocycles. The summed E-state index contributed by atoms with van der Waals surface area (Å²) in [6.45, 7) is 0. The van der Waals surface area contributed by atoms with E-state index in [0.717, 1.165) is 30.0 Å². The normalized spacial score (nSPS) is 12.4. The third-order valence-corrected chi connectivity index (χ3v) is 3.26. The van der Waals surface area contributed by atoms with Crippen molar-refractivity contribution in [3.63, 3.8) is 0 Å². The van der Waals surface area contributed by atoms with Crippen LogP contribution in [0.5, 0.6) is 5.75 Å². The molecule has 0 fully saturated rings. The molecular formula is C14H20N4O. The summed E-state index contributed by atoms with van der Waals surface area (Å²) in [4.78, 5) is 4.35. The summed E-state index contributed by atoms with van der Waals surface area (Å²) in [5.74, 6) is 0.822. The Morgan fingerprint density at radius 2 is 2.26 bits per heavy atom. The highest BCUT2D eigenvalue weighted by atomic mass is 16.5. The van der Waals surface area contributed by atoms with Crippen LogP contribution in [0, 0.1) is 0 Å². The Morgan fingerprint density at radius 1 is 1.42 bits per heavy atom. The number of pyridine rings is 1. The summed E-state index contributed by atoms with van der Waals surface area (Å²) in [7, 11) is 5.56. The quantitative estimate of drug-likeness (QED) is 0.859. The lowest BCUT2D eigenvalue weighted by Gasteiger charge is -2.17. The molecule has 5 heteroatoms. The number of hydrogen-bond acceptors (Lipinski definition) is 4. The Balaban J connectivity index is 2.10. The van der Waals surface area contributed by atoms with E-state index in [1.807, 2.05) is 43.2 Å². The highest BCUT2D eigenvalue weighted by Crippen LogP contribution is 2.27. The first-order valence-corrected chi connectivity index (χ1v) is 6.39. The number of aryl methyl sites for hydroxylation is 2. The summed E-state index contributed by atoms with van der Waals surface area (Å²) < 4.78 is 7.22. The predicted octanol–water partition coefficient (Wildman–Crippen LogP) is 1.72. The molecule has 1 N–H and O–H groups in total. The van der Waals surface area contributed by atoms with E-state index < -0.39 is 0 Å². The summed E-state index contributed by atoms with van der Waals surface area (Å²) in [5, 5.41) is 7.57. The zero-order chi connectivity index (χ0) is 13.7. The molecule has 0 aromatic carbocycles. The molecule has 0 spiro atoms. The monoisotopic (exact) mass is 260 g/mol. The second-order valence-corrected chi connectivity index (χ2v) is 4.42. The van der Waals surface area contributed by atoms with Crippen LogP contribution < -0.4 is 10.1 Å². The van der Waals surface area contributed by atoms with E-state index in [0.29, 0.717) is 0 Å². The summed E-state index contributed by atoms with van der Waals surface area (Å²) in [6, 6.07) is 6.20.